The molecule has 0 saturated carbocycles. The van der Waals surface area contributed by atoms with Crippen LogP contribution in [0.5, 0.6) is 0 Å². The minimum Gasteiger partial charge on any atom is -0.342 e. The Morgan fingerprint density at radius 1 is 1.35 bits per heavy atom. The van der Waals surface area contributed by atoms with E-state index < -0.39 is 18.5 Å². The molecule has 26 heavy (non-hydrogen) atoms. The largest absolute Gasteiger partial charge is 0.397 e. The first-order valence-electron chi connectivity index (χ1n) is 8.21. The molecule has 7 nitrogen and oxygen atoms in total. The number of alkyl halides is 3. The Morgan fingerprint density at radius 3 is 3.00 bits per heavy atom. The lowest BCUT2D eigenvalue weighted by atomic mass is 9.91. The molecular weight excluding hydrogens is 349 g/mol. The fourth-order valence-corrected chi connectivity index (χ4v) is 3.50. The second-order valence-electron chi connectivity index (χ2n) is 6.40. The number of carbonyl (C=O) groups excluding carboxylic acids is 1. The molecule has 1 unspecified atom stereocenters. The van der Waals surface area contributed by atoms with Crippen molar-refractivity contribution in [3.8, 4) is 0 Å². The predicted molar refractivity (Wildman–Crippen MR) is 86.2 cm³/mol. The number of hydrogen-bond donors (Lipinski definition) is 1. The van der Waals surface area contributed by atoms with Crippen LogP contribution in [0.1, 0.15) is 30.9 Å². The highest BCUT2D eigenvalue weighted by atomic mass is 19.4. The van der Waals surface area contributed by atoms with E-state index in [2.05, 4.69) is 25.4 Å². The van der Waals surface area contributed by atoms with Crippen LogP contribution in [0.2, 0.25) is 0 Å². The van der Waals surface area contributed by atoms with Gasteiger partial charge in [0.25, 0.3) is 0 Å². The molecule has 4 rings (SSSR count). The number of nitrogens with one attached hydrogen (secondary N) is 1. The van der Waals surface area contributed by atoms with Crippen LogP contribution in [0.4, 0.5) is 13.2 Å². The number of fused-ring (bicyclic) bond motifs is 3. The molecule has 0 aromatic carbocycles. The van der Waals surface area contributed by atoms with Gasteiger partial charge in [-0.05, 0) is 18.9 Å². The molecule has 1 amide bonds. The highest BCUT2D eigenvalue weighted by Gasteiger charge is 2.35. The summed E-state index contributed by atoms with van der Waals surface area (Å²) in [5.74, 6) is -1.05. The second-order valence-corrected chi connectivity index (χ2v) is 6.40. The van der Waals surface area contributed by atoms with E-state index in [0.717, 1.165) is 22.9 Å². The quantitative estimate of drug-likeness (QED) is 0.755. The van der Waals surface area contributed by atoms with Crippen LogP contribution in [-0.2, 0) is 4.79 Å². The number of likely N-dealkylation sites (tertiary alicyclic amines) is 1. The van der Waals surface area contributed by atoms with Gasteiger partial charge < -0.3 is 4.90 Å². The summed E-state index contributed by atoms with van der Waals surface area (Å²) in [5.41, 5.74) is 1.83. The van der Waals surface area contributed by atoms with E-state index in [4.69, 9.17) is 0 Å². The Labute approximate surface area is 145 Å². The minimum atomic E-state index is -4.50. The molecule has 1 fully saturated rings. The molecule has 1 N–H and O–H groups in total. The first kappa shape index (κ1) is 16.7. The lowest BCUT2D eigenvalue weighted by Crippen LogP contribution is -2.41. The third-order valence-electron chi connectivity index (χ3n) is 4.63. The Balaban J connectivity index is 1.69. The molecule has 0 spiro atoms. The highest BCUT2D eigenvalue weighted by molar-refractivity contribution is 6.03. The van der Waals surface area contributed by atoms with Crippen LogP contribution in [0.25, 0.3) is 21.9 Å². The monoisotopic (exact) mass is 364 g/mol. The SMILES string of the molecule is O=C(CC(F)(F)F)N1CCCC(c2[nH]ncc3nnc4nccc4c23)C1. The standard InChI is InChI=1S/C16H15F3N6O/c17-16(18,19)6-12(26)25-5-1-2-9(8-25)14-13-10-3-4-20-15(10)24-22-11(13)7-21-23-14/h3-4,7,9,23H,1-2,5-6,8H2. The third-order valence-corrected chi connectivity index (χ3v) is 4.63. The third kappa shape index (κ3) is 3.06. The number of aromatic amines is 1. The van der Waals surface area contributed by atoms with Gasteiger partial charge in [-0.2, -0.15) is 18.3 Å². The summed E-state index contributed by atoms with van der Waals surface area (Å²) in [5, 5.41) is 16.8. The summed E-state index contributed by atoms with van der Waals surface area (Å²) in [4.78, 5) is 17.4. The van der Waals surface area contributed by atoms with Gasteiger partial charge in [-0.1, -0.05) is 0 Å². The van der Waals surface area contributed by atoms with E-state index in [9.17, 15) is 18.0 Å². The van der Waals surface area contributed by atoms with Crippen molar-refractivity contribution in [1.29, 1.82) is 0 Å². The average molecular weight is 364 g/mol. The van der Waals surface area contributed by atoms with E-state index >= 15 is 0 Å². The Hall–Kier alpha value is -2.78. The van der Waals surface area contributed by atoms with Crippen molar-refractivity contribution in [3.05, 3.63) is 24.2 Å². The highest BCUT2D eigenvalue weighted by Crippen LogP contribution is 2.33. The maximum atomic E-state index is 12.5. The number of rotatable bonds is 2. The van der Waals surface area contributed by atoms with Crippen molar-refractivity contribution in [2.75, 3.05) is 13.1 Å². The number of aromatic nitrogens is 5. The van der Waals surface area contributed by atoms with Crippen molar-refractivity contribution in [1.82, 2.24) is 30.3 Å². The van der Waals surface area contributed by atoms with E-state index in [1.165, 1.54) is 4.90 Å². The fourth-order valence-electron chi connectivity index (χ4n) is 3.50. The number of piperidine rings is 1. The van der Waals surface area contributed by atoms with Crippen molar-refractivity contribution >= 4 is 27.8 Å². The molecule has 1 saturated heterocycles. The smallest absolute Gasteiger partial charge is 0.342 e. The second kappa shape index (κ2) is 6.19. The van der Waals surface area contributed by atoms with Gasteiger partial charge in [-0.3, -0.25) is 9.89 Å². The topological polar surface area (TPSA) is 87.7 Å². The van der Waals surface area contributed by atoms with Gasteiger partial charge in [0.2, 0.25) is 5.91 Å². The minimum absolute atomic E-state index is 0.153. The van der Waals surface area contributed by atoms with Crippen LogP contribution < -0.4 is 0 Å². The Bertz CT molecular complexity index is 969. The first-order valence-corrected chi connectivity index (χ1v) is 8.21. The summed E-state index contributed by atoms with van der Waals surface area (Å²) in [7, 11) is 0. The number of hydrogen-bond acceptors (Lipinski definition) is 5. The zero-order valence-corrected chi connectivity index (χ0v) is 13.6. The molecular formula is C16H15F3N6O. The maximum absolute atomic E-state index is 12.5. The molecule has 10 heteroatoms. The van der Waals surface area contributed by atoms with Crippen LogP contribution in [0.15, 0.2) is 18.5 Å². The van der Waals surface area contributed by atoms with Gasteiger partial charge in [0.05, 0.1) is 6.20 Å². The Kier molecular flexibility index (Phi) is 3.97. The van der Waals surface area contributed by atoms with Crippen molar-refractivity contribution in [2.45, 2.75) is 31.4 Å². The molecule has 3 aromatic rings. The molecule has 136 valence electrons. The van der Waals surface area contributed by atoms with Crippen LogP contribution >= 0.6 is 0 Å². The fraction of sp³-hybridized carbons (Fsp3) is 0.438. The number of carbonyl (C=O) groups is 1. The van der Waals surface area contributed by atoms with Crippen molar-refractivity contribution in [2.24, 2.45) is 0 Å². The summed E-state index contributed by atoms with van der Waals surface area (Å²) >= 11 is 0. The lowest BCUT2D eigenvalue weighted by molar-refractivity contribution is -0.162. The van der Waals surface area contributed by atoms with Gasteiger partial charge in [-0.25, -0.2) is 4.98 Å². The number of halogens is 3. The van der Waals surface area contributed by atoms with E-state index in [0.29, 0.717) is 24.1 Å². The zero-order chi connectivity index (χ0) is 18.3. The molecule has 3 aromatic heterocycles. The van der Waals surface area contributed by atoms with Crippen LogP contribution in [0, 0.1) is 0 Å². The zero-order valence-electron chi connectivity index (χ0n) is 13.6. The first-order chi connectivity index (χ1) is 12.4. The van der Waals surface area contributed by atoms with Crippen LogP contribution in [-0.4, -0.2) is 55.5 Å². The molecule has 1 atom stereocenters. The van der Waals surface area contributed by atoms with Gasteiger partial charge in [-0.15, -0.1) is 10.2 Å². The van der Waals surface area contributed by atoms with E-state index in [1.807, 2.05) is 6.07 Å². The number of amides is 1. The van der Waals surface area contributed by atoms with Gasteiger partial charge >= 0.3 is 6.18 Å². The maximum Gasteiger partial charge on any atom is 0.397 e. The summed E-state index contributed by atoms with van der Waals surface area (Å²) in [6.45, 7) is 0.543. The normalized spacial score (nSPS) is 18.6. The molecule has 4 heterocycles. The van der Waals surface area contributed by atoms with E-state index in [1.54, 1.807) is 12.4 Å². The molecule has 1 aliphatic heterocycles. The average Bonchev–Trinajstić information content (AvgIpc) is 3.09. The van der Waals surface area contributed by atoms with Crippen LogP contribution in [0.3, 0.4) is 0 Å². The van der Waals surface area contributed by atoms with Crippen molar-refractivity contribution < 1.29 is 18.0 Å². The van der Waals surface area contributed by atoms with Crippen molar-refractivity contribution in [3.63, 3.8) is 0 Å². The Morgan fingerprint density at radius 2 is 2.19 bits per heavy atom. The number of H-pyrrole nitrogens is 1. The number of nitrogens with zero attached hydrogens (tertiary/aromatic N) is 5. The summed E-state index contributed by atoms with van der Waals surface area (Å²) in [6.07, 6.45) is -1.39. The predicted octanol–water partition coefficient (Wildman–Crippen LogP) is 2.56. The van der Waals surface area contributed by atoms with Gasteiger partial charge in [0, 0.05) is 41.7 Å². The van der Waals surface area contributed by atoms with Gasteiger partial charge in [0.15, 0.2) is 5.65 Å². The molecule has 1 aliphatic rings. The molecule has 0 bridgehead atoms. The summed E-state index contributed by atoms with van der Waals surface area (Å²) in [6, 6.07) is 1.82. The lowest BCUT2D eigenvalue weighted by Gasteiger charge is -2.33. The summed E-state index contributed by atoms with van der Waals surface area (Å²) < 4.78 is 37.6. The van der Waals surface area contributed by atoms with Gasteiger partial charge in [0.1, 0.15) is 11.9 Å². The van der Waals surface area contributed by atoms with E-state index in [-0.39, 0.29) is 12.5 Å². The molecule has 0 radical (unpaired) electrons. The molecule has 0 aliphatic carbocycles.